The number of halogens is 3. The molecule has 1 fully saturated rings. The molecule has 4 rings (SSSR count). The summed E-state index contributed by atoms with van der Waals surface area (Å²) in [6.07, 6.45) is 3.57. The third-order valence-electron chi connectivity index (χ3n) is 5.48. The van der Waals surface area contributed by atoms with Crippen LogP contribution in [-0.2, 0) is 0 Å². The highest BCUT2D eigenvalue weighted by atomic mass is 19.3. The number of ether oxygens (including phenoxy) is 2. The molecule has 166 valence electrons. The minimum atomic E-state index is -3.06. The highest BCUT2D eigenvalue weighted by Crippen LogP contribution is 2.36. The number of anilines is 1. The summed E-state index contributed by atoms with van der Waals surface area (Å²) in [6.45, 7) is 1.93. The van der Waals surface area contributed by atoms with Crippen molar-refractivity contribution in [3.8, 4) is 22.8 Å². The molecule has 1 saturated heterocycles. The molecule has 1 aromatic carbocycles. The Bertz CT molecular complexity index is 1060. The fourth-order valence-electron chi connectivity index (χ4n) is 3.95. The molecule has 1 aliphatic heterocycles. The molecule has 1 aliphatic rings. The second kappa shape index (κ2) is 9.01. The lowest BCUT2D eigenvalue weighted by molar-refractivity contribution is -0.0495. The molecule has 0 radical (unpaired) electrons. The van der Waals surface area contributed by atoms with Gasteiger partial charge in [0.2, 0.25) is 5.95 Å². The van der Waals surface area contributed by atoms with Gasteiger partial charge in [-0.3, -0.25) is 4.40 Å². The smallest absolute Gasteiger partial charge is 0.387 e. The number of nitrogens with zero attached hydrogens (tertiary/aromatic N) is 4. The van der Waals surface area contributed by atoms with E-state index in [-0.39, 0.29) is 28.6 Å². The normalized spacial score (nSPS) is 17.3. The molecule has 0 aliphatic carbocycles. The van der Waals surface area contributed by atoms with Gasteiger partial charge in [0.25, 0.3) is 0 Å². The first-order valence-corrected chi connectivity index (χ1v) is 10.2. The fourth-order valence-corrected chi connectivity index (χ4v) is 3.95. The molecule has 0 spiro atoms. The fraction of sp³-hybridized carbons (Fsp3) is 0.429. The van der Waals surface area contributed by atoms with Gasteiger partial charge in [-0.2, -0.15) is 8.78 Å². The molecule has 3 aromatic rings. The number of benzene rings is 1. The maximum Gasteiger partial charge on any atom is 0.387 e. The van der Waals surface area contributed by atoms with E-state index < -0.39 is 12.4 Å². The third-order valence-corrected chi connectivity index (χ3v) is 5.48. The summed E-state index contributed by atoms with van der Waals surface area (Å²) in [5, 5.41) is 11.8. The molecule has 7 nitrogen and oxygen atoms in total. The number of alkyl halides is 2. The van der Waals surface area contributed by atoms with E-state index in [0.717, 1.165) is 32.5 Å². The van der Waals surface area contributed by atoms with E-state index in [9.17, 15) is 13.2 Å². The van der Waals surface area contributed by atoms with Crippen molar-refractivity contribution in [3.05, 3.63) is 36.3 Å². The van der Waals surface area contributed by atoms with Gasteiger partial charge in [-0.15, -0.1) is 10.2 Å². The Morgan fingerprint density at radius 2 is 2.10 bits per heavy atom. The van der Waals surface area contributed by atoms with Crippen molar-refractivity contribution in [2.24, 2.45) is 0 Å². The minimum absolute atomic E-state index is 0.102. The SMILES string of the molecule is CCN1CCCC(Nc2nnc(-c3ccc(OC)cc3OC(F)F)c3c(F)ccn23)C1. The van der Waals surface area contributed by atoms with Gasteiger partial charge in [-0.05, 0) is 44.1 Å². The number of aromatic nitrogens is 3. The van der Waals surface area contributed by atoms with E-state index in [2.05, 4.69) is 32.1 Å². The van der Waals surface area contributed by atoms with Crippen molar-refractivity contribution >= 4 is 11.5 Å². The molecule has 10 heteroatoms. The van der Waals surface area contributed by atoms with Gasteiger partial charge < -0.3 is 19.7 Å². The molecular weight excluding hydrogens is 411 g/mol. The van der Waals surface area contributed by atoms with Crippen molar-refractivity contribution in [1.82, 2.24) is 19.5 Å². The average molecular weight is 435 g/mol. The van der Waals surface area contributed by atoms with Gasteiger partial charge in [0, 0.05) is 30.4 Å². The number of hydrogen-bond donors (Lipinski definition) is 1. The van der Waals surface area contributed by atoms with Crippen LogP contribution in [0.4, 0.5) is 19.1 Å². The molecule has 0 amide bonds. The number of likely N-dealkylation sites (tertiary alicyclic amines) is 1. The van der Waals surface area contributed by atoms with Gasteiger partial charge in [0.1, 0.15) is 22.7 Å². The molecule has 0 bridgehead atoms. The van der Waals surface area contributed by atoms with Gasteiger partial charge in [-0.1, -0.05) is 6.92 Å². The highest BCUT2D eigenvalue weighted by molar-refractivity contribution is 5.82. The molecule has 1 unspecified atom stereocenters. The Balaban J connectivity index is 1.74. The monoisotopic (exact) mass is 435 g/mol. The van der Waals surface area contributed by atoms with Crippen LogP contribution in [0.15, 0.2) is 30.5 Å². The largest absolute Gasteiger partial charge is 0.497 e. The van der Waals surface area contributed by atoms with E-state index in [1.165, 1.54) is 25.3 Å². The van der Waals surface area contributed by atoms with Crippen LogP contribution < -0.4 is 14.8 Å². The summed E-state index contributed by atoms with van der Waals surface area (Å²) in [7, 11) is 1.41. The summed E-state index contributed by atoms with van der Waals surface area (Å²) in [5.41, 5.74) is 0.424. The van der Waals surface area contributed by atoms with E-state index >= 15 is 0 Å². The van der Waals surface area contributed by atoms with Crippen LogP contribution in [0.5, 0.6) is 11.5 Å². The molecular formula is C21H24F3N5O2. The average Bonchev–Trinajstić information content (AvgIpc) is 3.16. The first kappa shape index (κ1) is 21.2. The Kier molecular flexibility index (Phi) is 6.17. The lowest BCUT2D eigenvalue weighted by atomic mass is 10.1. The standard InChI is InChI=1S/C21H24F3N5O2/c1-3-28-9-4-5-13(12-28)25-21-27-26-18(19-16(22)8-10-29(19)21)15-7-6-14(30-2)11-17(15)31-20(23)24/h6-8,10-11,13,20H,3-5,9,12H2,1-2H3,(H,25,27). The Hall–Kier alpha value is -3.01. The van der Waals surface area contributed by atoms with Crippen LogP contribution >= 0.6 is 0 Å². The Morgan fingerprint density at radius 3 is 2.84 bits per heavy atom. The van der Waals surface area contributed by atoms with Crippen LogP contribution in [-0.4, -0.2) is 58.9 Å². The first-order chi connectivity index (χ1) is 15.0. The zero-order chi connectivity index (χ0) is 22.0. The van der Waals surface area contributed by atoms with Gasteiger partial charge in [0.15, 0.2) is 5.82 Å². The second-order valence-corrected chi connectivity index (χ2v) is 7.37. The maximum absolute atomic E-state index is 14.8. The van der Waals surface area contributed by atoms with Crippen molar-refractivity contribution in [2.45, 2.75) is 32.4 Å². The zero-order valence-electron chi connectivity index (χ0n) is 17.3. The first-order valence-electron chi connectivity index (χ1n) is 10.2. The second-order valence-electron chi connectivity index (χ2n) is 7.37. The van der Waals surface area contributed by atoms with Gasteiger partial charge >= 0.3 is 6.61 Å². The Labute approximate surface area is 177 Å². The van der Waals surface area contributed by atoms with Gasteiger partial charge in [0.05, 0.1) is 7.11 Å². The summed E-state index contributed by atoms with van der Waals surface area (Å²) < 4.78 is 52.0. The number of rotatable bonds is 7. The molecule has 1 N–H and O–H groups in total. The quantitative estimate of drug-likeness (QED) is 0.604. The predicted octanol–water partition coefficient (Wildman–Crippen LogP) is 4.04. The lowest BCUT2D eigenvalue weighted by Gasteiger charge is -2.32. The summed E-state index contributed by atoms with van der Waals surface area (Å²) in [5.74, 6) is 0.0223. The maximum atomic E-state index is 14.8. The number of nitrogens with one attached hydrogen (secondary N) is 1. The van der Waals surface area contributed by atoms with E-state index in [1.807, 2.05) is 0 Å². The van der Waals surface area contributed by atoms with Crippen LogP contribution in [0, 0.1) is 5.82 Å². The van der Waals surface area contributed by atoms with Crippen LogP contribution in [0.1, 0.15) is 19.8 Å². The highest BCUT2D eigenvalue weighted by Gasteiger charge is 2.23. The van der Waals surface area contributed by atoms with Crippen LogP contribution in [0.25, 0.3) is 16.8 Å². The van der Waals surface area contributed by atoms with E-state index in [1.54, 1.807) is 16.7 Å². The van der Waals surface area contributed by atoms with Crippen molar-refractivity contribution < 1.29 is 22.6 Å². The number of likely N-dealkylation sites (N-methyl/N-ethyl adjacent to an activating group) is 1. The van der Waals surface area contributed by atoms with E-state index in [4.69, 9.17) is 4.74 Å². The van der Waals surface area contributed by atoms with E-state index in [0.29, 0.717) is 11.7 Å². The predicted molar refractivity (Wildman–Crippen MR) is 110 cm³/mol. The van der Waals surface area contributed by atoms with Crippen molar-refractivity contribution in [3.63, 3.8) is 0 Å². The molecule has 31 heavy (non-hydrogen) atoms. The molecule has 2 aromatic heterocycles. The molecule has 1 atom stereocenters. The van der Waals surface area contributed by atoms with Crippen molar-refractivity contribution in [2.75, 3.05) is 32.1 Å². The molecule has 3 heterocycles. The Morgan fingerprint density at radius 1 is 1.26 bits per heavy atom. The number of fused-ring (bicyclic) bond motifs is 1. The van der Waals surface area contributed by atoms with Gasteiger partial charge in [-0.25, -0.2) is 4.39 Å². The topological polar surface area (TPSA) is 63.9 Å². The zero-order valence-corrected chi connectivity index (χ0v) is 17.3. The number of piperidine rings is 1. The molecule has 0 saturated carbocycles. The summed E-state index contributed by atoms with van der Waals surface area (Å²) >= 11 is 0. The minimum Gasteiger partial charge on any atom is -0.497 e. The lowest BCUT2D eigenvalue weighted by Crippen LogP contribution is -2.42. The van der Waals surface area contributed by atoms with Crippen LogP contribution in [0.3, 0.4) is 0 Å². The van der Waals surface area contributed by atoms with Crippen LogP contribution in [0.2, 0.25) is 0 Å². The van der Waals surface area contributed by atoms with Crippen molar-refractivity contribution in [1.29, 1.82) is 0 Å². The third kappa shape index (κ3) is 4.39. The summed E-state index contributed by atoms with van der Waals surface area (Å²) in [6, 6.07) is 5.83. The summed E-state index contributed by atoms with van der Waals surface area (Å²) in [4.78, 5) is 2.34. The number of hydrogen-bond acceptors (Lipinski definition) is 6. The number of methoxy groups -OCH3 is 1.